The van der Waals surface area contributed by atoms with Crippen LogP contribution in [0.2, 0.25) is 0 Å². The topological polar surface area (TPSA) is 210 Å². The number of hydrogen-bond donors (Lipinski definition) is 4. The van der Waals surface area contributed by atoms with E-state index < -0.39 is 115 Å². The number of benzene rings is 1. The van der Waals surface area contributed by atoms with E-state index in [1.54, 1.807) is 45.2 Å². The quantitative estimate of drug-likeness (QED) is 0.200. The van der Waals surface area contributed by atoms with Crippen LogP contribution in [-0.2, 0) is 47.7 Å². The van der Waals surface area contributed by atoms with E-state index in [0.29, 0.717) is 18.4 Å². The maximum absolute atomic E-state index is 14.1. The van der Waals surface area contributed by atoms with Crippen molar-refractivity contribution in [2.24, 2.45) is 11.8 Å². The standard InChI is InChI=1S/C40H57N3O12/c1-10-23(2)32-36(48)41-27(22-53-31(46)20-19-30(44)45)35(47)42-34(39(5,6)51)37(49)54-33(26-17-12-11-13-18-26)25(4)16-14-15-24(3)28(52-9)21-29-40(7,55-29)38(50)43(32)8/h11-18,23,25,27-29,32-34,51H,10,19-22H2,1-9H3,(H,41,48)(H,42,47)(H,44,45)/b16-14+,24-15+/t23-,25+,27+,28+,29-,32-,33-,34+,40+/m0/s1. The fourth-order valence-corrected chi connectivity index (χ4v) is 6.47. The number of fused-ring (bicyclic) bond motifs is 1. The summed E-state index contributed by atoms with van der Waals surface area (Å²) in [5.74, 6) is -6.27. The molecular formula is C40H57N3O12. The summed E-state index contributed by atoms with van der Waals surface area (Å²) in [6.45, 7) is 10.8. The SMILES string of the molecule is CC[C@H](C)[C@H]1C(=O)N[C@H](COC(=O)CCC(=O)O)C(=O)N[C@@H](C(C)(C)O)C(=O)O[C@H](c2ccccc2)[C@H](C)/C=C/C=C(\C)[C@H](OC)C[C@@H]2O[C@@]2(C)C(=O)N1C. The van der Waals surface area contributed by atoms with Crippen LogP contribution in [0, 0.1) is 11.8 Å². The number of carboxylic acid groups (broad SMARTS) is 1. The van der Waals surface area contributed by atoms with Gasteiger partial charge in [-0.15, -0.1) is 0 Å². The monoisotopic (exact) mass is 771 g/mol. The Hall–Kier alpha value is -4.60. The first-order valence-electron chi connectivity index (χ1n) is 18.5. The number of hydrogen-bond acceptors (Lipinski definition) is 11. The summed E-state index contributed by atoms with van der Waals surface area (Å²) in [4.78, 5) is 80.9. The number of epoxide rings is 1. The Balaban J connectivity index is 2.12. The Morgan fingerprint density at radius 2 is 1.75 bits per heavy atom. The van der Waals surface area contributed by atoms with E-state index in [2.05, 4.69) is 10.6 Å². The summed E-state index contributed by atoms with van der Waals surface area (Å²) in [6, 6.07) is 4.50. The van der Waals surface area contributed by atoms with Gasteiger partial charge < -0.3 is 44.7 Å². The molecule has 0 aliphatic carbocycles. The van der Waals surface area contributed by atoms with Crippen molar-refractivity contribution in [3.63, 3.8) is 0 Å². The van der Waals surface area contributed by atoms with Crippen LogP contribution in [0.4, 0.5) is 0 Å². The highest BCUT2D eigenvalue weighted by Gasteiger charge is 2.61. The van der Waals surface area contributed by atoms with Crippen LogP contribution >= 0.6 is 0 Å². The maximum Gasteiger partial charge on any atom is 0.332 e. The van der Waals surface area contributed by atoms with Crippen molar-refractivity contribution in [3.05, 3.63) is 59.7 Å². The van der Waals surface area contributed by atoms with Gasteiger partial charge >= 0.3 is 17.9 Å². The molecule has 15 heteroatoms. The van der Waals surface area contributed by atoms with Crippen LogP contribution in [0.5, 0.6) is 0 Å². The highest BCUT2D eigenvalue weighted by atomic mass is 16.6. The van der Waals surface area contributed by atoms with Crippen LogP contribution < -0.4 is 10.6 Å². The first-order valence-corrected chi connectivity index (χ1v) is 18.5. The molecular weight excluding hydrogens is 714 g/mol. The molecule has 0 saturated carbocycles. The van der Waals surface area contributed by atoms with E-state index in [1.807, 2.05) is 45.1 Å². The molecule has 1 aromatic carbocycles. The molecule has 0 bridgehead atoms. The van der Waals surface area contributed by atoms with Crippen LogP contribution in [0.25, 0.3) is 0 Å². The van der Waals surface area contributed by atoms with Crippen molar-refractivity contribution in [1.82, 2.24) is 15.5 Å². The number of ether oxygens (including phenoxy) is 4. The minimum atomic E-state index is -1.90. The van der Waals surface area contributed by atoms with Gasteiger partial charge in [-0.2, -0.15) is 0 Å². The lowest BCUT2D eigenvalue weighted by molar-refractivity contribution is -0.162. The van der Waals surface area contributed by atoms with Gasteiger partial charge in [0, 0.05) is 26.5 Å². The lowest BCUT2D eigenvalue weighted by Gasteiger charge is -2.34. The number of esters is 2. The number of cyclic esters (lactones) is 1. The molecule has 1 saturated heterocycles. The molecule has 3 rings (SSSR count). The number of carbonyl (C=O) groups excluding carboxylic acids is 5. The fraction of sp³-hybridized carbons (Fsp3) is 0.600. The third kappa shape index (κ3) is 11.9. The molecule has 15 nitrogen and oxygen atoms in total. The Morgan fingerprint density at radius 3 is 2.33 bits per heavy atom. The van der Waals surface area contributed by atoms with Gasteiger partial charge in [-0.25, -0.2) is 4.79 Å². The number of methoxy groups -OCH3 is 1. The minimum Gasteiger partial charge on any atom is -0.481 e. The molecule has 0 unspecified atom stereocenters. The third-order valence-corrected chi connectivity index (χ3v) is 10.2. The Bertz CT molecular complexity index is 1610. The molecule has 9 atom stereocenters. The van der Waals surface area contributed by atoms with Gasteiger partial charge in [-0.05, 0) is 44.7 Å². The third-order valence-electron chi connectivity index (χ3n) is 10.2. The number of nitrogens with one attached hydrogen (secondary N) is 2. The normalized spacial score (nSPS) is 30.9. The average molecular weight is 772 g/mol. The van der Waals surface area contributed by atoms with Gasteiger partial charge in [0.25, 0.3) is 5.91 Å². The summed E-state index contributed by atoms with van der Waals surface area (Å²) in [5, 5.41) is 25.2. The molecule has 0 spiro atoms. The number of allylic oxidation sites excluding steroid dienone is 2. The Labute approximate surface area is 322 Å². The van der Waals surface area contributed by atoms with E-state index in [1.165, 1.54) is 25.8 Å². The van der Waals surface area contributed by atoms with E-state index in [0.717, 1.165) is 5.57 Å². The second-order valence-corrected chi connectivity index (χ2v) is 15.1. The van der Waals surface area contributed by atoms with Crippen molar-refractivity contribution >= 4 is 35.6 Å². The van der Waals surface area contributed by atoms with Crippen LogP contribution in [0.3, 0.4) is 0 Å². The number of rotatable bonds is 10. The fourth-order valence-electron chi connectivity index (χ4n) is 6.47. The van der Waals surface area contributed by atoms with Crippen LogP contribution in [-0.4, -0.2) is 113 Å². The Kier molecular flexibility index (Phi) is 15.7. The van der Waals surface area contributed by atoms with Crippen LogP contribution in [0.1, 0.15) is 85.8 Å². The highest BCUT2D eigenvalue weighted by molar-refractivity contribution is 5.96. The largest absolute Gasteiger partial charge is 0.481 e. The predicted octanol–water partition coefficient (Wildman–Crippen LogP) is 3.01. The zero-order chi connectivity index (χ0) is 41.2. The number of likely N-dealkylation sites (N-methyl/N-ethyl adjacent to an activating group) is 1. The summed E-state index contributed by atoms with van der Waals surface area (Å²) >= 11 is 0. The van der Waals surface area contributed by atoms with E-state index in [9.17, 15) is 33.9 Å². The first kappa shape index (κ1) is 44.8. The van der Waals surface area contributed by atoms with Crippen molar-refractivity contribution < 1.29 is 57.9 Å². The molecule has 2 aliphatic rings. The van der Waals surface area contributed by atoms with Gasteiger partial charge in [0.05, 0.1) is 30.7 Å². The first-order chi connectivity index (χ1) is 25.7. The van der Waals surface area contributed by atoms with Gasteiger partial charge in [-0.1, -0.05) is 75.8 Å². The molecule has 55 heavy (non-hydrogen) atoms. The highest BCUT2D eigenvalue weighted by Crippen LogP contribution is 2.42. The number of carboxylic acids is 1. The van der Waals surface area contributed by atoms with E-state index >= 15 is 0 Å². The zero-order valence-corrected chi connectivity index (χ0v) is 33.2. The summed E-state index contributed by atoms with van der Waals surface area (Å²) < 4.78 is 23.0. The molecule has 1 fully saturated rings. The van der Waals surface area contributed by atoms with Crippen molar-refractivity contribution in [2.75, 3.05) is 20.8 Å². The van der Waals surface area contributed by atoms with Gasteiger partial charge in [0.15, 0.2) is 11.6 Å². The van der Waals surface area contributed by atoms with E-state index in [-0.39, 0.29) is 0 Å². The molecule has 2 aliphatic heterocycles. The lowest BCUT2D eigenvalue weighted by atomic mass is 9.93. The molecule has 3 amide bonds. The lowest BCUT2D eigenvalue weighted by Crippen LogP contribution is -2.62. The number of carbonyl (C=O) groups is 6. The van der Waals surface area contributed by atoms with Gasteiger partial charge in [0.1, 0.15) is 24.8 Å². The van der Waals surface area contributed by atoms with Gasteiger partial charge in [-0.3, -0.25) is 24.0 Å². The summed E-state index contributed by atoms with van der Waals surface area (Å²) in [6.07, 6.45) is 3.47. The molecule has 0 radical (unpaired) electrons. The zero-order valence-electron chi connectivity index (χ0n) is 33.2. The Morgan fingerprint density at radius 1 is 1.09 bits per heavy atom. The number of aliphatic hydroxyl groups is 1. The molecule has 304 valence electrons. The number of nitrogens with zero attached hydrogens (tertiary/aromatic N) is 1. The summed E-state index contributed by atoms with van der Waals surface area (Å²) in [7, 11) is 3.03. The van der Waals surface area contributed by atoms with Crippen molar-refractivity contribution in [2.45, 2.75) is 122 Å². The second-order valence-electron chi connectivity index (χ2n) is 15.1. The maximum atomic E-state index is 14.1. The average Bonchev–Trinajstić information content (AvgIpc) is 3.80. The number of aliphatic carboxylic acids is 1. The minimum absolute atomic E-state index is 0.344. The molecule has 0 aromatic heterocycles. The number of amides is 3. The van der Waals surface area contributed by atoms with Crippen molar-refractivity contribution in [1.29, 1.82) is 0 Å². The van der Waals surface area contributed by atoms with E-state index in [4.69, 9.17) is 24.1 Å². The van der Waals surface area contributed by atoms with Gasteiger partial charge in [0.2, 0.25) is 11.8 Å². The molecule has 2 heterocycles. The van der Waals surface area contributed by atoms with Crippen LogP contribution in [0.15, 0.2) is 54.1 Å². The predicted molar refractivity (Wildman–Crippen MR) is 200 cm³/mol. The van der Waals surface area contributed by atoms with Crippen molar-refractivity contribution in [3.8, 4) is 0 Å². The second kappa shape index (κ2) is 19.3. The molecule has 4 N–H and O–H groups in total. The molecule has 1 aromatic rings. The smallest absolute Gasteiger partial charge is 0.332 e. The summed E-state index contributed by atoms with van der Waals surface area (Å²) in [5.41, 5.74) is -1.67.